The maximum absolute atomic E-state index is 12.5. The zero-order valence-electron chi connectivity index (χ0n) is 17.4. The van der Waals surface area contributed by atoms with Crippen molar-refractivity contribution in [1.29, 1.82) is 0 Å². The quantitative estimate of drug-likeness (QED) is 0.386. The standard InChI is InChI=1S/C24H22O8/c1-3-20(25)30-17-10-8-16(9-11-17)24(27)32-19-13-29-21-18(12-28-22(19)21)31-23(26)15-6-4-14(2)5-7-15/h3-11,18-19,21-22H,1,12-13H2,2H3. The molecule has 2 aromatic carbocycles. The first-order valence-corrected chi connectivity index (χ1v) is 10.1. The van der Waals surface area contributed by atoms with Gasteiger partial charge in [-0.1, -0.05) is 24.3 Å². The molecule has 2 aliphatic rings. The van der Waals surface area contributed by atoms with Crippen molar-refractivity contribution >= 4 is 17.9 Å². The third kappa shape index (κ3) is 4.71. The molecule has 0 N–H and O–H groups in total. The number of esters is 3. The monoisotopic (exact) mass is 438 g/mol. The predicted octanol–water partition coefficient (Wildman–Crippen LogP) is 2.64. The van der Waals surface area contributed by atoms with E-state index in [1.54, 1.807) is 12.1 Å². The van der Waals surface area contributed by atoms with Gasteiger partial charge < -0.3 is 23.7 Å². The zero-order chi connectivity index (χ0) is 22.7. The molecule has 4 unspecified atom stereocenters. The van der Waals surface area contributed by atoms with E-state index in [2.05, 4.69) is 6.58 Å². The van der Waals surface area contributed by atoms with Gasteiger partial charge in [-0.15, -0.1) is 0 Å². The smallest absolute Gasteiger partial charge is 0.338 e. The second-order valence-electron chi connectivity index (χ2n) is 7.50. The van der Waals surface area contributed by atoms with E-state index < -0.39 is 42.3 Å². The van der Waals surface area contributed by atoms with Crippen molar-refractivity contribution in [3.05, 3.63) is 77.9 Å². The summed E-state index contributed by atoms with van der Waals surface area (Å²) in [5.74, 6) is -1.33. The summed E-state index contributed by atoms with van der Waals surface area (Å²) in [6, 6.07) is 13.0. The van der Waals surface area contributed by atoms with Gasteiger partial charge in [0.15, 0.2) is 12.2 Å². The van der Waals surface area contributed by atoms with Gasteiger partial charge in [-0.05, 0) is 43.3 Å². The second-order valence-corrected chi connectivity index (χ2v) is 7.50. The van der Waals surface area contributed by atoms with Gasteiger partial charge in [-0.3, -0.25) is 0 Å². The van der Waals surface area contributed by atoms with Crippen LogP contribution in [0.2, 0.25) is 0 Å². The summed E-state index contributed by atoms with van der Waals surface area (Å²) in [4.78, 5) is 36.1. The fraction of sp³-hybridized carbons (Fsp3) is 0.292. The van der Waals surface area contributed by atoms with Gasteiger partial charge in [-0.2, -0.15) is 0 Å². The number of hydrogen-bond acceptors (Lipinski definition) is 8. The number of ether oxygens (including phenoxy) is 5. The predicted molar refractivity (Wildman–Crippen MR) is 111 cm³/mol. The van der Waals surface area contributed by atoms with Crippen LogP contribution in [0.15, 0.2) is 61.2 Å². The minimum Gasteiger partial charge on any atom is -0.453 e. The molecule has 8 heteroatoms. The first kappa shape index (κ1) is 21.7. The van der Waals surface area contributed by atoms with Crippen LogP contribution in [0.25, 0.3) is 0 Å². The van der Waals surface area contributed by atoms with Crippen LogP contribution in [0.1, 0.15) is 26.3 Å². The molecule has 0 radical (unpaired) electrons. The summed E-state index contributed by atoms with van der Waals surface area (Å²) in [5, 5.41) is 0. The van der Waals surface area contributed by atoms with Crippen LogP contribution in [0.3, 0.4) is 0 Å². The highest BCUT2D eigenvalue weighted by atomic mass is 16.7. The van der Waals surface area contributed by atoms with Gasteiger partial charge in [-0.25, -0.2) is 14.4 Å². The second kappa shape index (κ2) is 9.33. The van der Waals surface area contributed by atoms with Gasteiger partial charge in [0.25, 0.3) is 0 Å². The van der Waals surface area contributed by atoms with Crippen molar-refractivity contribution in [2.75, 3.05) is 13.2 Å². The number of fused-ring (bicyclic) bond motifs is 1. The molecule has 0 aromatic heterocycles. The Hall–Kier alpha value is -3.49. The first-order valence-electron chi connectivity index (χ1n) is 10.1. The average Bonchev–Trinajstić information content (AvgIpc) is 3.38. The Kier molecular flexibility index (Phi) is 6.34. The summed E-state index contributed by atoms with van der Waals surface area (Å²) < 4.78 is 27.5. The molecule has 4 rings (SSSR count). The van der Waals surface area contributed by atoms with Crippen LogP contribution in [-0.2, 0) is 23.7 Å². The van der Waals surface area contributed by atoms with Gasteiger partial charge in [0.05, 0.1) is 24.3 Å². The molecule has 2 heterocycles. The van der Waals surface area contributed by atoms with Gasteiger partial charge in [0.2, 0.25) is 0 Å². The van der Waals surface area contributed by atoms with Crippen molar-refractivity contribution in [2.45, 2.75) is 31.3 Å². The van der Waals surface area contributed by atoms with Crippen molar-refractivity contribution < 1.29 is 38.1 Å². The SMILES string of the molecule is C=CC(=O)Oc1ccc(C(=O)OC2COC3C(OC(=O)c4ccc(C)cc4)COC23)cc1. The number of rotatable bonds is 6. The van der Waals surface area contributed by atoms with Crippen LogP contribution in [0, 0.1) is 6.92 Å². The van der Waals surface area contributed by atoms with E-state index in [0.717, 1.165) is 11.6 Å². The molecule has 2 saturated heterocycles. The van der Waals surface area contributed by atoms with E-state index in [0.29, 0.717) is 5.56 Å². The lowest BCUT2D eigenvalue weighted by Crippen LogP contribution is -2.36. The highest BCUT2D eigenvalue weighted by molar-refractivity contribution is 5.90. The summed E-state index contributed by atoms with van der Waals surface area (Å²) >= 11 is 0. The summed E-state index contributed by atoms with van der Waals surface area (Å²) in [7, 11) is 0. The molecule has 0 bridgehead atoms. The maximum Gasteiger partial charge on any atom is 0.338 e. The van der Waals surface area contributed by atoms with Crippen molar-refractivity contribution in [3.8, 4) is 5.75 Å². The molecule has 0 aliphatic carbocycles. The number of hydrogen-bond donors (Lipinski definition) is 0. The Balaban J connectivity index is 1.33. The molecule has 4 atom stereocenters. The van der Waals surface area contributed by atoms with E-state index in [-0.39, 0.29) is 24.5 Å². The lowest BCUT2D eigenvalue weighted by atomic mass is 10.1. The van der Waals surface area contributed by atoms with Gasteiger partial charge in [0, 0.05) is 6.08 Å². The largest absolute Gasteiger partial charge is 0.453 e. The van der Waals surface area contributed by atoms with Gasteiger partial charge in [0.1, 0.15) is 18.0 Å². The van der Waals surface area contributed by atoms with Crippen molar-refractivity contribution in [1.82, 2.24) is 0 Å². The molecule has 0 amide bonds. The number of aryl methyl sites for hydroxylation is 1. The summed E-state index contributed by atoms with van der Waals surface area (Å²) in [6.45, 7) is 5.55. The summed E-state index contributed by atoms with van der Waals surface area (Å²) in [5.41, 5.74) is 1.77. The molecule has 8 nitrogen and oxygen atoms in total. The Morgan fingerprint density at radius 1 is 0.844 bits per heavy atom. The molecule has 2 aromatic rings. The molecular formula is C24H22O8. The van der Waals surface area contributed by atoms with Crippen molar-refractivity contribution in [3.63, 3.8) is 0 Å². The van der Waals surface area contributed by atoms with Crippen LogP contribution < -0.4 is 4.74 Å². The molecule has 166 valence electrons. The fourth-order valence-electron chi connectivity index (χ4n) is 3.55. The van der Waals surface area contributed by atoms with Crippen molar-refractivity contribution in [2.24, 2.45) is 0 Å². The Morgan fingerprint density at radius 3 is 1.78 bits per heavy atom. The number of benzene rings is 2. The van der Waals surface area contributed by atoms with E-state index in [1.165, 1.54) is 24.3 Å². The lowest BCUT2D eigenvalue weighted by molar-refractivity contribution is -0.128. The molecule has 0 saturated carbocycles. The Morgan fingerprint density at radius 2 is 1.31 bits per heavy atom. The molecule has 2 aliphatic heterocycles. The third-order valence-corrected chi connectivity index (χ3v) is 5.24. The highest BCUT2D eigenvalue weighted by Crippen LogP contribution is 2.31. The van der Waals surface area contributed by atoms with Crippen LogP contribution in [0.4, 0.5) is 0 Å². The van der Waals surface area contributed by atoms with E-state index in [1.807, 2.05) is 19.1 Å². The first-order chi connectivity index (χ1) is 15.4. The van der Waals surface area contributed by atoms with Crippen LogP contribution in [0.5, 0.6) is 5.75 Å². The number of carbonyl (C=O) groups is 3. The molecular weight excluding hydrogens is 416 g/mol. The van der Waals surface area contributed by atoms with E-state index in [4.69, 9.17) is 23.7 Å². The van der Waals surface area contributed by atoms with Gasteiger partial charge >= 0.3 is 17.9 Å². The minimum atomic E-state index is -0.631. The lowest BCUT2D eigenvalue weighted by Gasteiger charge is -2.17. The Bertz CT molecular complexity index is 1010. The summed E-state index contributed by atoms with van der Waals surface area (Å²) in [6.07, 6.45) is -1.21. The van der Waals surface area contributed by atoms with E-state index in [9.17, 15) is 14.4 Å². The molecule has 0 spiro atoms. The third-order valence-electron chi connectivity index (χ3n) is 5.24. The average molecular weight is 438 g/mol. The molecule has 32 heavy (non-hydrogen) atoms. The van der Waals surface area contributed by atoms with Crippen LogP contribution >= 0.6 is 0 Å². The zero-order valence-corrected chi connectivity index (χ0v) is 17.4. The van der Waals surface area contributed by atoms with E-state index >= 15 is 0 Å². The minimum absolute atomic E-state index is 0.134. The fourth-order valence-corrected chi connectivity index (χ4v) is 3.55. The maximum atomic E-state index is 12.5. The normalized spacial score (nSPS) is 23.8. The van der Waals surface area contributed by atoms with Crippen LogP contribution in [-0.4, -0.2) is 55.5 Å². The number of carbonyl (C=O) groups excluding carboxylic acids is 3. The Labute approximate surface area is 184 Å². The highest BCUT2D eigenvalue weighted by Gasteiger charge is 2.51. The molecule has 2 fully saturated rings. The topological polar surface area (TPSA) is 97.4 Å².